The lowest BCUT2D eigenvalue weighted by Gasteiger charge is -2.09. The number of rotatable bonds is 2. The Kier molecular flexibility index (Phi) is 4.80. The molecule has 0 aliphatic heterocycles. The Bertz CT molecular complexity index is 955. The van der Waals surface area contributed by atoms with Gasteiger partial charge in [0, 0.05) is 15.8 Å². The number of hydrogen-bond acceptors (Lipinski definition) is 3. The zero-order chi connectivity index (χ0) is 17.3. The highest BCUT2D eigenvalue weighted by molar-refractivity contribution is 7.80. The molecular weight excluding hydrogens is 367 g/mol. The molecule has 0 radical (unpaired) electrons. The molecule has 0 spiro atoms. The van der Waals surface area contributed by atoms with E-state index in [0.717, 1.165) is 10.1 Å². The molecule has 0 fully saturated rings. The maximum absolute atomic E-state index is 13.5. The van der Waals surface area contributed by atoms with Crippen LogP contribution in [0.5, 0.6) is 0 Å². The van der Waals surface area contributed by atoms with Gasteiger partial charge in [-0.25, -0.2) is 4.39 Å². The van der Waals surface area contributed by atoms with Gasteiger partial charge in [-0.15, -0.1) is 11.3 Å². The van der Waals surface area contributed by atoms with E-state index in [-0.39, 0.29) is 10.9 Å². The van der Waals surface area contributed by atoms with Crippen LogP contribution in [0.25, 0.3) is 10.1 Å². The highest BCUT2D eigenvalue weighted by Gasteiger charge is 2.17. The summed E-state index contributed by atoms with van der Waals surface area (Å²) < 4.78 is 14.5. The summed E-state index contributed by atoms with van der Waals surface area (Å²) >= 11 is 12.7. The first-order valence-corrected chi connectivity index (χ1v) is 8.61. The standard InChI is InChI=1S/C17H12ClFN2OS2/c1-9-6-7-10(8-12(9)19)20-17(23)21-16(22)15-14(18)11-4-2-3-5-13(11)24-15/h2-8H,1H3,(H2,20,21,22,23). The number of benzene rings is 2. The second-order valence-electron chi connectivity index (χ2n) is 5.11. The molecule has 2 N–H and O–H groups in total. The maximum atomic E-state index is 13.5. The number of carbonyl (C=O) groups excluding carboxylic acids is 1. The van der Waals surface area contributed by atoms with Crippen LogP contribution in [0, 0.1) is 12.7 Å². The summed E-state index contributed by atoms with van der Waals surface area (Å²) in [4.78, 5) is 12.8. The van der Waals surface area contributed by atoms with Crippen molar-refractivity contribution in [2.45, 2.75) is 6.92 Å². The minimum absolute atomic E-state index is 0.0803. The number of fused-ring (bicyclic) bond motifs is 1. The fourth-order valence-corrected chi connectivity index (χ4v) is 3.78. The number of nitrogens with one attached hydrogen (secondary N) is 2. The van der Waals surface area contributed by atoms with Gasteiger partial charge in [-0.05, 0) is 42.9 Å². The molecule has 0 saturated heterocycles. The van der Waals surface area contributed by atoms with Crippen molar-refractivity contribution in [2.24, 2.45) is 0 Å². The SMILES string of the molecule is Cc1ccc(NC(=S)NC(=O)c2sc3ccccc3c2Cl)cc1F. The van der Waals surface area contributed by atoms with E-state index in [4.69, 9.17) is 23.8 Å². The van der Waals surface area contributed by atoms with Crippen LogP contribution in [0.2, 0.25) is 5.02 Å². The molecule has 3 rings (SSSR count). The molecule has 0 aliphatic carbocycles. The number of halogens is 2. The zero-order valence-electron chi connectivity index (χ0n) is 12.5. The van der Waals surface area contributed by atoms with Crippen LogP contribution in [0.1, 0.15) is 15.2 Å². The lowest BCUT2D eigenvalue weighted by molar-refractivity contribution is 0.0982. The summed E-state index contributed by atoms with van der Waals surface area (Å²) in [6.45, 7) is 1.67. The van der Waals surface area contributed by atoms with Gasteiger partial charge in [-0.1, -0.05) is 35.9 Å². The van der Waals surface area contributed by atoms with Gasteiger partial charge in [-0.3, -0.25) is 10.1 Å². The summed E-state index contributed by atoms with van der Waals surface area (Å²) in [6.07, 6.45) is 0. The average Bonchev–Trinajstić information content (AvgIpc) is 2.88. The fraction of sp³-hybridized carbons (Fsp3) is 0.0588. The lowest BCUT2D eigenvalue weighted by atomic mass is 10.2. The van der Waals surface area contributed by atoms with Crippen molar-refractivity contribution in [3.05, 3.63) is 63.7 Å². The van der Waals surface area contributed by atoms with Crippen LogP contribution in [0.4, 0.5) is 10.1 Å². The molecule has 3 aromatic rings. The van der Waals surface area contributed by atoms with E-state index in [0.29, 0.717) is 21.2 Å². The Morgan fingerprint density at radius 2 is 2.00 bits per heavy atom. The van der Waals surface area contributed by atoms with E-state index in [2.05, 4.69) is 10.6 Å². The van der Waals surface area contributed by atoms with Gasteiger partial charge >= 0.3 is 0 Å². The second-order valence-corrected chi connectivity index (χ2v) is 6.95. The van der Waals surface area contributed by atoms with Crippen molar-refractivity contribution in [2.75, 3.05) is 5.32 Å². The van der Waals surface area contributed by atoms with E-state index < -0.39 is 5.91 Å². The molecule has 0 atom stereocenters. The molecule has 1 aromatic heterocycles. The minimum Gasteiger partial charge on any atom is -0.332 e. The number of anilines is 1. The summed E-state index contributed by atoms with van der Waals surface area (Å²) in [5, 5.41) is 6.66. The smallest absolute Gasteiger partial charge is 0.269 e. The Balaban J connectivity index is 1.74. The summed E-state index contributed by atoms with van der Waals surface area (Å²) in [5.41, 5.74) is 0.999. The first-order valence-electron chi connectivity index (χ1n) is 7.01. The van der Waals surface area contributed by atoms with E-state index in [9.17, 15) is 9.18 Å². The van der Waals surface area contributed by atoms with Gasteiger partial charge in [0.1, 0.15) is 10.7 Å². The third-order valence-corrected chi connectivity index (χ3v) is 5.28. The number of hydrogen-bond donors (Lipinski definition) is 2. The van der Waals surface area contributed by atoms with Gasteiger partial charge in [0.2, 0.25) is 0 Å². The van der Waals surface area contributed by atoms with Gasteiger partial charge in [0.05, 0.1) is 5.02 Å². The quantitative estimate of drug-likeness (QED) is 0.607. The van der Waals surface area contributed by atoms with Gasteiger partial charge in [0.15, 0.2) is 5.11 Å². The number of carbonyl (C=O) groups is 1. The lowest BCUT2D eigenvalue weighted by Crippen LogP contribution is -2.33. The van der Waals surface area contributed by atoms with Crippen LogP contribution >= 0.6 is 35.2 Å². The monoisotopic (exact) mass is 378 g/mol. The molecule has 3 nitrogen and oxygen atoms in total. The Morgan fingerprint density at radius 3 is 2.71 bits per heavy atom. The predicted molar refractivity (Wildman–Crippen MR) is 102 cm³/mol. The van der Waals surface area contributed by atoms with Crippen molar-refractivity contribution < 1.29 is 9.18 Å². The van der Waals surface area contributed by atoms with Crippen molar-refractivity contribution in [3.63, 3.8) is 0 Å². The Hall–Kier alpha value is -2.02. The predicted octanol–water partition coefficient (Wildman–Crippen LogP) is 5.13. The zero-order valence-corrected chi connectivity index (χ0v) is 14.9. The van der Waals surface area contributed by atoms with Crippen LogP contribution in [0.3, 0.4) is 0 Å². The number of thiophene rings is 1. The molecular formula is C17H12ClFN2OS2. The van der Waals surface area contributed by atoms with E-state index in [1.165, 1.54) is 17.4 Å². The summed E-state index contributed by atoms with van der Waals surface area (Å²) in [7, 11) is 0. The molecule has 0 aliphatic rings. The molecule has 122 valence electrons. The fourth-order valence-electron chi connectivity index (χ4n) is 2.15. The van der Waals surface area contributed by atoms with Crippen molar-refractivity contribution in [1.82, 2.24) is 5.32 Å². The molecule has 7 heteroatoms. The van der Waals surface area contributed by atoms with Crippen LogP contribution in [0.15, 0.2) is 42.5 Å². The average molecular weight is 379 g/mol. The van der Waals surface area contributed by atoms with Gasteiger partial charge in [-0.2, -0.15) is 0 Å². The van der Waals surface area contributed by atoms with Crippen molar-refractivity contribution in [3.8, 4) is 0 Å². The number of thiocarbonyl (C=S) groups is 1. The summed E-state index contributed by atoms with van der Waals surface area (Å²) in [6, 6.07) is 12.1. The number of amides is 1. The molecule has 0 bridgehead atoms. The van der Waals surface area contributed by atoms with E-state index >= 15 is 0 Å². The molecule has 0 unspecified atom stereocenters. The Morgan fingerprint density at radius 1 is 1.25 bits per heavy atom. The maximum Gasteiger partial charge on any atom is 0.269 e. The van der Waals surface area contributed by atoms with E-state index in [1.54, 1.807) is 19.1 Å². The normalized spacial score (nSPS) is 10.6. The third-order valence-electron chi connectivity index (χ3n) is 3.40. The first kappa shape index (κ1) is 16.8. The number of aryl methyl sites for hydroxylation is 1. The topological polar surface area (TPSA) is 41.1 Å². The second kappa shape index (κ2) is 6.84. The van der Waals surface area contributed by atoms with Gasteiger partial charge < -0.3 is 5.32 Å². The minimum atomic E-state index is -0.397. The van der Waals surface area contributed by atoms with Crippen LogP contribution in [-0.4, -0.2) is 11.0 Å². The molecule has 24 heavy (non-hydrogen) atoms. The van der Waals surface area contributed by atoms with Crippen LogP contribution < -0.4 is 10.6 Å². The highest BCUT2D eigenvalue weighted by Crippen LogP contribution is 2.34. The van der Waals surface area contributed by atoms with Crippen LogP contribution in [-0.2, 0) is 0 Å². The van der Waals surface area contributed by atoms with Crippen molar-refractivity contribution >= 4 is 61.9 Å². The first-order chi connectivity index (χ1) is 11.5. The third kappa shape index (κ3) is 3.40. The molecule has 1 heterocycles. The highest BCUT2D eigenvalue weighted by atomic mass is 35.5. The Labute approximate surface area is 152 Å². The molecule has 0 saturated carbocycles. The van der Waals surface area contributed by atoms with Gasteiger partial charge in [0.25, 0.3) is 5.91 Å². The molecule has 2 aromatic carbocycles. The molecule has 1 amide bonds. The summed E-state index contributed by atoms with van der Waals surface area (Å²) in [5.74, 6) is -0.743. The van der Waals surface area contributed by atoms with Crippen molar-refractivity contribution in [1.29, 1.82) is 0 Å². The van der Waals surface area contributed by atoms with E-state index in [1.807, 2.05) is 24.3 Å². The largest absolute Gasteiger partial charge is 0.332 e.